The van der Waals surface area contributed by atoms with E-state index in [2.05, 4.69) is 50.0 Å². The summed E-state index contributed by atoms with van der Waals surface area (Å²) in [5.41, 5.74) is 8.29. The van der Waals surface area contributed by atoms with E-state index in [0.717, 1.165) is 50.8 Å². The van der Waals surface area contributed by atoms with Crippen molar-refractivity contribution in [3.05, 3.63) is 88.6 Å². The van der Waals surface area contributed by atoms with Gasteiger partial charge in [0.2, 0.25) is 11.8 Å². The predicted molar refractivity (Wildman–Crippen MR) is 237 cm³/mol. The van der Waals surface area contributed by atoms with Crippen LogP contribution in [0.3, 0.4) is 0 Å². The van der Waals surface area contributed by atoms with E-state index in [4.69, 9.17) is 19.9 Å². The highest BCUT2D eigenvalue weighted by Crippen LogP contribution is 2.35. The van der Waals surface area contributed by atoms with Gasteiger partial charge in [-0.15, -0.1) is 0 Å². The number of amides is 6. The van der Waals surface area contributed by atoms with Gasteiger partial charge in [-0.3, -0.25) is 24.5 Å². The number of nitrogens with zero attached hydrogens (tertiary/aromatic N) is 2. The molecular weight excluding hydrogens is 822 g/mol. The molecule has 2 aliphatic heterocycles. The van der Waals surface area contributed by atoms with Crippen molar-refractivity contribution in [3.8, 4) is 35.0 Å². The molecule has 0 unspecified atom stereocenters. The molecule has 16 heteroatoms. The molecule has 0 bridgehead atoms. The fourth-order valence-corrected chi connectivity index (χ4v) is 8.73. The maximum Gasteiger partial charge on any atom is 0.315 e. The minimum absolute atomic E-state index is 0.0219. The number of carbonyl (C=O) groups is 5. The summed E-state index contributed by atoms with van der Waals surface area (Å²) in [7, 11) is 3.54. The van der Waals surface area contributed by atoms with Crippen LogP contribution in [0.25, 0.3) is 10.8 Å². The Morgan fingerprint density at radius 3 is 2.58 bits per heavy atom. The molecule has 3 aliphatic rings. The van der Waals surface area contributed by atoms with Gasteiger partial charge in [-0.25, -0.2) is 14.2 Å². The number of primary amides is 1. The summed E-state index contributed by atoms with van der Waals surface area (Å²) in [6, 6.07) is 14.9. The number of aromatic nitrogens is 1. The van der Waals surface area contributed by atoms with Gasteiger partial charge in [0.05, 0.1) is 36.3 Å². The van der Waals surface area contributed by atoms with Crippen LogP contribution in [0.2, 0.25) is 0 Å². The smallest absolute Gasteiger partial charge is 0.315 e. The Kier molecular flexibility index (Phi) is 14.6. The highest BCUT2D eigenvalue weighted by atomic mass is 19.1. The zero-order valence-corrected chi connectivity index (χ0v) is 36.3. The van der Waals surface area contributed by atoms with Crippen LogP contribution in [-0.2, 0) is 22.6 Å². The van der Waals surface area contributed by atoms with Crippen molar-refractivity contribution in [1.82, 2.24) is 31.2 Å². The van der Waals surface area contributed by atoms with Gasteiger partial charge in [0.25, 0.3) is 17.7 Å². The quantitative estimate of drug-likeness (QED) is 0.0568. The standard InChI is InChI=1S/C48H54FN7O8/c1-4-34-38(54-46(60)43(34)49)27-63-47-36-23-40(62-3)37(44(50)58)22-35(36)32(25-52-47)17-16-28-12-14-29(15-13-28)26-56(2)19-7-18-51-48(61)53-24-30-8-5-10-33(20-30)64-39-11-6-9-31-21-41(57)55-45(59)42(31)39/h5-6,8-11,20,22-23,25,28-29,34,38,43H,4,7,12-15,18-19,21,24,26-27H2,1-3H3,(H2,50,58)(H,54,60)(H2,51,53,61)(H,55,57,59)/t28-,29-,34-,38+,43-/m0/s1. The molecule has 1 aliphatic carbocycles. The van der Waals surface area contributed by atoms with E-state index in [1.54, 1.807) is 48.7 Å². The first-order valence-electron chi connectivity index (χ1n) is 21.7. The monoisotopic (exact) mass is 875 g/mol. The molecule has 1 aromatic heterocycles. The summed E-state index contributed by atoms with van der Waals surface area (Å²) in [6.45, 7) is 4.43. The summed E-state index contributed by atoms with van der Waals surface area (Å²) in [4.78, 5) is 68.1. The molecule has 336 valence electrons. The van der Waals surface area contributed by atoms with Gasteiger partial charge in [-0.2, -0.15) is 0 Å². The van der Waals surface area contributed by atoms with Gasteiger partial charge >= 0.3 is 6.03 Å². The number of nitrogens with two attached hydrogens (primary N) is 1. The summed E-state index contributed by atoms with van der Waals surface area (Å²) < 4.78 is 32.0. The van der Waals surface area contributed by atoms with Crippen LogP contribution in [0.4, 0.5) is 9.18 Å². The lowest BCUT2D eigenvalue weighted by Gasteiger charge is -2.29. The number of methoxy groups -OCH3 is 1. The molecule has 0 spiro atoms. The molecule has 6 N–H and O–H groups in total. The molecule has 15 nitrogen and oxygen atoms in total. The minimum atomic E-state index is -1.59. The molecule has 4 aromatic rings. The zero-order valence-electron chi connectivity index (χ0n) is 36.3. The van der Waals surface area contributed by atoms with Crippen LogP contribution in [-0.4, -0.2) is 92.2 Å². The van der Waals surface area contributed by atoms with Crippen molar-refractivity contribution in [2.24, 2.45) is 23.5 Å². The summed E-state index contributed by atoms with van der Waals surface area (Å²) in [6.07, 6.45) is 5.35. The molecule has 0 radical (unpaired) electrons. The van der Waals surface area contributed by atoms with Crippen molar-refractivity contribution in [2.75, 3.05) is 40.4 Å². The van der Waals surface area contributed by atoms with E-state index in [0.29, 0.717) is 57.8 Å². The Balaban J connectivity index is 0.849. The third kappa shape index (κ3) is 10.9. The van der Waals surface area contributed by atoms with Crippen LogP contribution >= 0.6 is 0 Å². The van der Waals surface area contributed by atoms with Gasteiger partial charge in [0.15, 0.2) is 6.17 Å². The molecule has 2 fully saturated rings. The van der Waals surface area contributed by atoms with E-state index < -0.39 is 35.9 Å². The highest BCUT2D eigenvalue weighted by molar-refractivity contribution is 6.11. The maximum absolute atomic E-state index is 14.4. The molecule has 3 atom stereocenters. The largest absolute Gasteiger partial charge is 0.496 e. The highest BCUT2D eigenvalue weighted by Gasteiger charge is 2.42. The van der Waals surface area contributed by atoms with E-state index in [9.17, 15) is 28.4 Å². The third-order valence-electron chi connectivity index (χ3n) is 12.1. The van der Waals surface area contributed by atoms with E-state index in [1.807, 2.05) is 19.1 Å². The van der Waals surface area contributed by atoms with Gasteiger partial charge in [0.1, 0.15) is 23.9 Å². The van der Waals surface area contributed by atoms with Crippen LogP contribution in [0, 0.1) is 29.6 Å². The molecular formula is C48H54FN7O8. The number of pyridine rings is 1. The molecule has 1 saturated carbocycles. The number of imide groups is 1. The molecule has 6 amide bonds. The molecule has 1 saturated heterocycles. The topological polar surface area (TPSA) is 203 Å². The summed E-state index contributed by atoms with van der Waals surface area (Å²) >= 11 is 0. The first-order valence-corrected chi connectivity index (χ1v) is 21.7. The van der Waals surface area contributed by atoms with Crippen molar-refractivity contribution < 1.29 is 42.6 Å². The average Bonchev–Trinajstić information content (AvgIpc) is 3.56. The fraction of sp³-hybridized carbons (Fsp3) is 0.417. The number of hydrogen-bond acceptors (Lipinski definition) is 10. The van der Waals surface area contributed by atoms with Crippen LogP contribution in [0.5, 0.6) is 23.1 Å². The Hall–Kier alpha value is -6.73. The lowest BCUT2D eigenvalue weighted by molar-refractivity contribution is -0.124. The number of benzene rings is 3. The Morgan fingerprint density at radius 1 is 1.02 bits per heavy atom. The van der Waals surface area contributed by atoms with Crippen molar-refractivity contribution in [1.29, 1.82) is 0 Å². The number of hydrogen-bond donors (Lipinski definition) is 5. The molecule has 7 rings (SSSR count). The van der Waals surface area contributed by atoms with E-state index >= 15 is 0 Å². The average molecular weight is 876 g/mol. The van der Waals surface area contributed by atoms with Gasteiger partial charge in [-0.1, -0.05) is 43.0 Å². The first kappa shape index (κ1) is 45.3. The normalized spacial score (nSPS) is 20.4. The number of rotatable bonds is 16. The number of ether oxygens (including phenoxy) is 3. The number of urea groups is 1. The lowest BCUT2D eigenvalue weighted by Crippen LogP contribution is -2.37. The van der Waals surface area contributed by atoms with Crippen LogP contribution in [0.15, 0.2) is 60.8 Å². The second kappa shape index (κ2) is 20.6. The second-order valence-electron chi connectivity index (χ2n) is 16.6. The van der Waals surface area contributed by atoms with Crippen LogP contribution < -0.4 is 41.2 Å². The minimum Gasteiger partial charge on any atom is -0.496 e. The van der Waals surface area contributed by atoms with Gasteiger partial charge in [0, 0.05) is 48.4 Å². The number of nitrogens with one attached hydrogen (secondary N) is 4. The predicted octanol–water partition coefficient (Wildman–Crippen LogP) is 5.17. The zero-order chi connectivity index (χ0) is 45.3. The van der Waals surface area contributed by atoms with Crippen molar-refractivity contribution >= 4 is 40.4 Å². The maximum atomic E-state index is 14.4. The molecule has 3 aromatic carbocycles. The second-order valence-corrected chi connectivity index (χ2v) is 16.6. The Labute approximate surface area is 371 Å². The van der Waals surface area contributed by atoms with E-state index in [-0.39, 0.29) is 54.6 Å². The SMILES string of the molecule is CC[C@@H]1[C@H](F)C(=O)N[C@@H]1COc1ncc(C#C[C@H]2CC[C@H](CN(C)CCCNC(=O)NCc3cccc(Oc4cccc5c4C(=O)NC(=O)C5)c3)CC2)c2cc(C(N)=O)c(OC)cc12. The van der Waals surface area contributed by atoms with Gasteiger partial charge in [-0.05, 0) is 99.5 Å². The molecule has 64 heavy (non-hydrogen) atoms. The summed E-state index contributed by atoms with van der Waals surface area (Å²) in [5.74, 6) is 6.21. The van der Waals surface area contributed by atoms with Crippen molar-refractivity contribution in [3.63, 3.8) is 0 Å². The lowest BCUT2D eigenvalue weighted by atomic mass is 9.82. The Bertz CT molecular complexity index is 2480. The number of alkyl halides is 1. The van der Waals surface area contributed by atoms with E-state index in [1.165, 1.54) is 7.11 Å². The molecule has 3 heterocycles. The number of carbonyl (C=O) groups excluding carboxylic acids is 5. The number of fused-ring (bicyclic) bond motifs is 2. The van der Waals surface area contributed by atoms with Gasteiger partial charge < -0.3 is 40.8 Å². The summed E-state index contributed by atoms with van der Waals surface area (Å²) in [5, 5.41) is 12.0. The fourth-order valence-electron chi connectivity index (χ4n) is 8.73. The first-order chi connectivity index (χ1) is 30.9. The number of halogens is 1. The van der Waals surface area contributed by atoms with Crippen LogP contribution in [0.1, 0.15) is 82.9 Å². The van der Waals surface area contributed by atoms with Crippen molar-refractivity contribution in [2.45, 2.75) is 70.6 Å². The third-order valence-corrected chi connectivity index (χ3v) is 12.1. The Morgan fingerprint density at radius 2 is 1.81 bits per heavy atom.